The summed E-state index contributed by atoms with van der Waals surface area (Å²) >= 11 is 0. The summed E-state index contributed by atoms with van der Waals surface area (Å²) < 4.78 is 0. The van der Waals surface area contributed by atoms with Crippen LogP contribution < -0.4 is 11.1 Å². The lowest BCUT2D eigenvalue weighted by Crippen LogP contribution is -2.32. The molecule has 0 saturated carbocycles. The Balaban J connectivity index is 2.40. The van der Waals surface area contributed by atoms with Crippen molar-refractivity contribution in [2.24, 2.45) is 5.73 Å². The summed E-state index contributed by atoms with van der Waals surface area (Å²) in [5, 5.41) is 3.35. The van der Waals surface area contributed by atoms with E-state index >= 15 is 0 Å². The van der Waals surface area contributed by atoms with Crippen LogP contribution in [0.15, 0.2) is 18.2 Å². The molecular weight excluding hydrogens is 184 g/mol. The van der Waals surface area contributed by atoms with E-state index in [-0.39, 0.29) is 6.04 Å². The second-order valence-corrected chi connectivity index (χ2v) is 4.36. The number of benzene rings is 1. The van der Waals surface area contributed by atoms with Crippen molar-refractivity contribution in [3.05, 3.63) is 34.9 Å². The molecule has 0 aromatic heterocycles. The van der Waals surface area contributed by atoms with Gasteiger partial charge in [0.25, 0.3) is 0 Å². The van der Waals surface area contributed by atoms with Crippen LogP contribution >= 0.6 is 0 Å². The smallest absolute Gasteiger partial charge is 0.0136 e. The van der Waals surface area contributed by atoms with E-state index in [1.807, 2.05) is 6.92 Å². The molecule has 15 heavy (non-hydrogen) atoms. The van der Waals surface area contributed by atoms with E-state index in [9.17, 15) is 0 Å². The van der Waals surface area contributed by atoms with Crippen LogP contribution in [0.5, 0.6) is 0 Å². The lowest BCUT2D eigenvalue weighted by Gasteiger charge is -2.09. The van der Waals surface area contributed by atoms with Crippen LogP contribution in [0, 0.1) is 13.8 Å². The standard InChI is InChI=1S/C13H22N2/c1-10-4-5-11(2)13(8-10)6-7-15-9-12(3)14/h4-5,8,12,15H,6-7,9,14H2,1-3H3. The Morgan fingerprint density at radius 2 is 2.07 bits per heavy atom. The van der Waals surface area contributed by atoms with Gasteiger partial charge in [0.2, 0.25) is 0 Å². The maximum atomic E-state index is 5.66. The second kappa shape index (κ2) is 5.89. The molecule has 1 unspecified atom stereocenters. The van der Waals surface area contributed by atoms with Gasteiger partial charge in [0.15, 0.2) is 0 Å². The van der Waals surface area contributed by atoms with Crippen molar-refractivity contribution in [3.8, 4) is 0 Å². The van der Waals surface area contributed by atoms with Crippen LogP contribution in [0.3, 0.4) is 0 Å². The number of hydrogen-bond acceptors (Lipinski definition) is 2. The minimum absolute atomic E-state index is 0.239. The Labute approximate surface area is 92.9 Å². The highest BCUT2D eigenvalue weighted by atomic mass is 14.9. The molecule has 1 atom stereocenters. The molecule has 1 aromatic carbocycles. The summed E-state index contributed by atoms with van der Waals surface area (Å²) in [6, 6.07) is 6.86. The lowest BCUT2D eigenvalue weighted by atomic mass is 10.0. The van der Waals surface area contributed by atoms with Crippen molar-refractivity contribution < 1.29 is 0 Å². The Morgan fingerprint density at radius 1 is 1.33 bits per heavy atom. The molecule has 1 aromatic rings. The number of rotatable bonds is 5. The van der Waals surface area contributed by atoms with Crippen LogP contribution in [-0.2, 0) is 6.42 Å². The number of nitrogens with one attached hydrogen (secondary N) is 1. The summed E-state index contributed by atoms with van der Waals surface area (Å²) in [6.07, 6.45) is 1.08. The van der Waals surface area contributed by atoms with Gasteiger partial charge in [-0.05, 0) is 44.9 Å². The van der Waals surface area contributed by atoms with E-state index in [1.54, 1.807) is 0 Å². The summed E-state index contributed by atoms with van der Waals surface area (Å²) in [7, 11) is 0. The Morgan fingerprint density at radius 3 is 2.73 bits per heavy atom. The van der Waals surface area contributed by atoms with Gasteiger partial charge >= 0.3 is 0 Å². The molecule has 0 heterocycles. The zero-order valence-corrected chi connectivity index (χ0v) is 10.0. The summed E-state index contributed by atoms with van der Waals surface area (Å²) in [6.45, 7) is 8.22. The first kappa shape index (κ1) is 12.2. The van der Waals surface area contributed by atoms with Crippen LogP contribution in [0.4, 0.5) is 0 Å². The molecule has 0 radical (unpaired) electrons. The third kappa shape index (κ3) is 4.45. The second-order valence-electron chi connectivity index (χ2n) is 4.36. The summed E-state index contributed by atoms with van der Waals surface area (Å²) in [5.74, 6) is 0. The minimum atomic E-state index is 0.239. The van der Waals surface area contributed by atoms with Gasteiger partial charge in [0, 0.05) is 12.6 Å². The van der Waals surface area contributed by atoms with Gasteiger partial charge in [-0.3, -0.25) is 0 Å². The van der Waals surface area contributed by atoms with Crippen molar-refractivity contribution in [2.75, 3.05) is 13.1 Å². The van der Waals surface area contributed by atoms with Crippen molar-refractivity contribution >= 4 is 0 Å². The highest BCUT2D eigenvalue weighted by Crippen LogP contribution is 2.10. The van der Waals surface area contributed by atoms with Crippen molar-refractivity contribution in [2.45, 2.75) is 33.2 Å². The molecule has 3 N–H and O–H groups in total. The first-order valence-electron chi connectivity index (χ1n) is 5.62. The van der Waals surface area contributed by atoms with E-state index in [0.29, 0.717) is 0 Å². The maximum absolute atomic E-state index is 5.66. The number of aryl methyl sites for hydroxylation is 2. The molecule has 0 saturated heterocycles. The van der Waals surface area contributed by atoms with Crippen molar-refractivity contribution in [1.82, 2.24) is 5.32 Å². The average molecular weight is 206 g/mol. The molecule has 1 rings (SSSR count). The maximum Gasteiger partial charge on any atom is 0.0136 e. The van der Waals surface area contributed by atoms with Gasteiger partial charge in [-0.25, -0.2) is 0 Å². The first-order chi connectivity index (χ1) is 7.09. The SMILES string of the molecule is Cc1ccc(C)c(CCNCC(C)N)c1. The number of hydrogen-bond donors (Lipinski definition) is 2. The molecule has 0 fully saturated rings. The van der Waals surface area contributed by atoms with Crippen LogP contribution in [-0.4, -0.2) is 19.1 Å². The predicted octanol–water partition coefficient (Wildman–Crippen LogP) is 1.78. The van der Waals surface area contributed by atoms with Gasteiger partial charge in [0.1, 0.15) is 0 Å². The minimum Gasteiger partial charge on any atom is -0.327 e. The fourth-order valence-corrected chi connectivity index (χ4v) is 1.62. The van der Waals surface area contributed by atoms with Gasteiger partial charge in [-0.2, -0.15) is 0 Å². The number of nitrogens with two attached hydrogens (primary N) is 1. The molecule has 2 nitrogen and oxygen atoms in total. The molecule has 0 amide bonds. The highest BCUT2D eigenvalue weighted by molar-refractivity contribution is 5.30. The quantitative estimate of drug-likeness (QED) is 0.721. The fourth-order valence-electron chi connectivity index (χ4n) is 1.62. The fraction of sp³-hybridized carbons (Fsp3) is 0.538. The van der Waals surface area contributed by atoms with Crippen LogP contribution in [0.1, 0.15) is 23.6 Å². The van der Waals surface area contributed by atoms with Crippen LogP contribution in [0.2, 0.25) is 0 Å². The molecule has 0 aliphatic rings. The lowest BCUT2D eigenvalue weighted by molar-refractivity contribution is 0.608. The van der Waals surface area contributed by atoms with Gasteiger partial charge in [-0.1, -0.05) is 23.8 Å². The Hall–Kier alpha value is -0.860. The zero-order valence-electron chi connectivity index (χ0n) is 10.0. The van der Waals surface area contributed by atoms with E-state index in [4.69, 9.17) is 5.73 Å². The van der Waals surface area contributed by atoms with E-state index < -0.39 is 0 Å². The Bertz CT molecular complexity index is 305. The molecule has 0 aliphatic heterocycles. The highest BCUT2D eigenvalue weighted by Gasteiger charge is 1.99. The van der Waals surface area contributed by atoms with Gasteiger partial charge < -0.3 is 11.1 Å². The normalized spacial score (nSPS) is 12.8. The zero-order chi connectivity index (χ0) is 11.3. The van der Waals surface area contributed by atoms with Crippen molar-refractivity contribution in [1.29, 1.82) is 0 Å². The summed E-state index contributed by atoms with van der Waals surface area (Å²) in [5.41, 5.74) is 9.81. The molecule has 0 spiro atoms. The van der Waals surface area contributed by atoms with Crippen molar-refractivity contribution in [3.63, 3.8) is 0 Å². The van der Waals surface area contributed by atoms with Gasteiger partial charge in [-0.15, -0.1) is 0 Å². The first-order valence-corrected chi connectivity index (χ1v) is 5.62. The molecule has 84 valence electrons. The molecule has 0 aliphatic carbocycles. The molecule has 0 bridgehead atoms. The third-order valence-electron chi connectivity index (χ3n) is 2.54. The molecular formula is C13H22N2. The van der Waals surface area contributed by atoms with Gasteiger partial charge in [0.05, 0.1) is 0 Å². The largest absolute Gasteiger partial charge is 0.327 e. The Kier molecular flexibility index (Phi) is 4.79. The topological polar surface area (TPSA) is 38.0 Å². The third-order valence-corrected chi connectivity index (χ3v) is 2.54. The van der Waals surface area contributed by atoms with E-state index in [1.165, 1.54) is 16.7 Å². The monoisotopic (exact) mass is 206 g/mol. The van der Waals surface area contributed by atoms with E-state index in [2.05, 4.69) is 37.4 Å². The summed E-state index contributed by atoms with van der Waals surface area (Å²) in [4.78, 5) is 0. The predicted molar refractivity (Wildman–Crippen MR) is 66.1 cm³/mol. The molecule has 2 heteroatoms. The average Bonchev–Trinajstić information content (AvgIpc) is 2.17. The van der Waals surface area contributed by atoms with E-state index in [0.717, 1.165) is 19.5 Å². The van der Waals surface area contributed by atoms with Crippen LogP contribution in [0.25, 0.3) is 0 Å².